The highest BCUT2D eigenvalue weighted by Gasteiger charge is 2.13. The minimum absolute atomic E-state index is 0.00148. The van der Waals surface area contributed by atoms with Gasteiger partial charge in [-0.1, -0.05) is 29.8 Å². The Bertz CT molecular complexity index is 546. The van der Waals surface area contributed by atoms with Gasteiger partial charge in [0.05, 0.1) is 10.9 Å². The smallest absolute Gasteiger partial charge is 0.261 e. The third-order valence-corrected chi connectivity index (χ3v) is 3.86. The molecular formula is C15H17NOS. The van der Waals surface area contributed by atoms with E-state index in [1.54, 1.807) is 0 Å². The molecule has 0 radical (unpaired) electrons. The fourth-order valence-electron chi connectivity index (χ4n) is 1.98. The van der Waals surface area contributed by atoms with Crippen molar-refractivity contribution in [2.75, 3.05) is 0 Å². The average Bonchev–Trinajstić information content (AvgIpc) is 2.85. The molecular weight excluding hydrogens is 242 g/mol. The van der Waals surface area contributed by atoms with Crippen LogP contribution >= 0.6 is 11.3 Å². The number of rotatable bonds is 3. The Kier molecular flexibility index (Phi) is 3.82. The quantitative estimate of drug-likeness (QED) is 0.891. The van der Waals surface area contributed by atoms with Gasteiger partial charge in [0.15, 0.2) is 0 Å². The summed E-state index contributed by atoms with van der Waals surface area (Å²) < 4.78 is 0. The Labute approximate surface area is 112 Å². The molecule has 0 aliphatic carbocycles. The highest BCUT2D eigenvalue weighted by Crippen LogP contribution is 2.20. The Morgan fingerprint density at radius 1 is 1.28 bits per heavy atom. The molecule has 1 atom stereocenters. The first-order chi connectivity index (χ1) is 8.58. The lowest BCUT2D eigenvalue weighted by molar-refractivity contribution is 0.0944. The molecule has 2 nitrogen and oxygen atoms in total. The zero-order valence-electron chi connectivity index (χ0n) is 10.9. The van der Waals surface area contributed by atoms with Crippen LogP contribution in [0.1, 0.15) is 39.3 Å². The van der Waals surface area contributed by atoms with E-state index >= 15 is 0 Å². The van der Waals surface area contributed by atoms with Gasteiger partial charge in [-0.05, 0) is 43.3 Å². The maximum Gasteiger partial charge on any atom is 0.261 e. The fraction of sp³-hybridized carbons (Fsp3) is 0.267. The van der Waals surface area contributed by atoms with Crippen LogP contribution < -0.4 is 5.32 Å². The van der Waals surface area contributed by atoms with Crippen LogP contribution in [0.5, 0.6) is 0 Å². The number of thiophene rings is 1. The monoisotopic (exact) mass is 259 g/mol. The van der Waals surface area contributed by atoms with Crippen molar-refractivity contribution in [1.82, 2.24) is 5.32 Å². The van der Waals surface area contributed by atoms with E-state index in [4.69, 9.17) is 0 Å². The zero-order chi connectivity index (χ0) is 13.1. The van der Waals surface area contributed by atoms with Gasteiger partial charge >= 0.3 is 0 Å². The van der Waals surface area contributed by atoms with E-state index in [9.17, 15) is 4.79 Å². The lowest BCUT2D eigenvalue weighted by atomic mass is 10.00. The summed E-state index contributed by atoms with van der Waals surface area (Å²) in [6.07, 6.45) is 0. The molecule has 0 fully saturated rings. The Hall–Kier alpha value is -1.61. The molecule has 1 N–H and O–H groups in total. The molecule has 0 bridgehead atoms. The van der Waals surface area contributed by atoms with E-state index < -0.39 is 0 Å². The van der Waals surface area contributed by atoms with Gasteiger partial charge in [-0.3, -0.25) is 4.79 Å². The first kappa shape index (κ1) is 12.8. The summed E-state index contributed by atoms with van der Waals surface area (Å²) >= 11 is 1.46. The number of hydrogen-bond acceptors (Lipinski definition) is 2. The maximum atomic E-state index is 12.0. The molecule has 0 saturated carbocycles. The van der Waals surface area contributed by atoms with Crippen LogP contribution in [0.4, 0.5) is 0 Å². The van der Waals surface area contributed by atoms with Crippen LogP contribution in [-0.4, -0.2) is 5.91 Å². The van der Waals surface area contributed by atoms with Crippen molar-refractivity contribution in [3.8, 4) is 0 Å². The molecule has 0 aliphatic rings. The summed E-state index contributed by atoms with van der Waals surface area (Å²) in [7, 11) is 0. The van der Waals surface area contributed by atoms with Crippen molar-refractivity contribution in [3.63, 3.8) is 0 Å². The van der Waals surface area contributed by atoms with Gasteiger partial charge in [0.1, 0.15) is 0 Å². The number of amides is 1. The van der Waals surface area contributed by atoms with Crippen LogP contribution in [-0.2, 0) is 0 Å². The highest BCUT2D eigenvalue weighted by atomic mass is 32.1. The first-order valence-corrected chi connectivity index (χ1v) is 6.87. The van der Waals surface area contributed by atoms with Gasteiger partial charge in [-0.25, -0.2) is 0 Å². The van der Waals surface area contributed by atoms with E-state index in [-0.39, 0.29) is 11.9 Å². The summed E-state index contributed by atoms with van der Waals surface area (Å²) in [4.78, 5) is 12.7. The normalized spacial score (nSPS) is 12.2. The van der Waals surface area contributed by atoms with E-state index in [0.717, 1.165) is 4.88 Å². The SMILES string of the molecule is Cc1ccc(C)c(C(C)NC(=O)c2cccs2)c1. The number of aryl methyl sites for hydroxylation is 2. The summed E-state index contributed by atoms with van der Waals surface area (Å²) in [5.74, 6) is -0.00148. The lowest BCUT2D eigenvalue weighted by Gasteiger charge is -2.16. The Morgan fingerprint density at radius 3 is 2.72 bits per heavy atom. The van der Waals surface area contributed by atoms with E-state index in [1.165, 1.54) is 28.0 Å². The molecule has 0 spiro atoms. The number of nitrogens with one attached hydrogen (secondary N) is 1. The Morgan fingerprint density at radius 2 is 2.06 bits per heavy atom. The molecule has 1 heterocycles. The third-order valence-electron chi connectivity index (χ3n) is 2.99. The van der Waals surface area contributed by atoms with Gasteiger partial charge in [-0.2, -0.15) is 0 Å². The van der Waals surface area contributed by atoms with E-state index in [2.05, 4.69) is 37.4 Å². The number of benzene rings is 1. The Balaban J connectivity index is 2.14. The highest BCUT2D eigenvalue weighted by molar-refractivity contribution is 7.12. The summed E-state index contributed by atoms with van der Waals surface area (Å²) in [5.41, 5.74) is 3.60. The molecule has 0 saturated heterocycles. The second-order valence-corrected chi connectivity index (χ2v) is 5.48. The molecule has 1 aromatic heterocycles. The van der Waals surface area contributed by atoms with E-state index in [1.807, 2.05) is 24.4 Å². The molecule has 1 amide bonds. The van der Waals surface area contributed by atoms with Crippen molar-refractivity contribution in [2.45, 2.75) is 26.8 Å². The first-order valence-electron chi connectivity index (χ1n) is 5.99. The fourth-order valence-corrected chi connectivity index (χ4v) is 2.61. The molecule has 2 rings (SSSR count). The standard InChI is InChI=1S/C15H17NOS/c1-10-6-7-11(2)13(9-10)12(3)16-15(17)14-5-4-8-18-14/h4-9,12H,1-3H3,(H,16,17). The number of carbonyl (C=O) groups excluding carboxylic acids is 1. The van der Waals surface area contributed by atoms with Crippen LogP contribution in [0.25, 0.3) is 0 Å². The summed E-state index contributed by atoms with van der Waals surface area (Å²) in [6.45, 7) is 6.16. The van der Waals surface area contributed by atoms with Gasteiger partial charge in [0, 0.05) is 0 Å². The second kappa shape index (κ2) is 5.36. The second-order valence-electron chi connectivity index (χ2n) is 4.53. The van der Waals surface area contributed by atoms with Crippen molar-refractivity contribution >= 4 is 17.2 Å². The predicted octanol–water partition coefficient (Wildman–Crippen LogP) is 3.86. The summed E-state index contributed by atoms with van der Waals surface area (Å²) in [6, 6.07) is 10.1. The molecule has 94 valence electrons. The van der Waals surface area contributed by atoms with Gasteiger partial charge in [-0.15, -0.1) is 11.3 Å². The number of carbonyl (C=O) groups is 1. The topological polar surface area (TPSA) is 29.1 Å². The summed E-state index contributed by atoms with van der Waals surface area (Å²) in [5, 5.41) is 4.95. The van der Waals surface area contributed by atoms with Crippen LogP contribution in [0.15, 0.2) is 35.7 Å². The zero-order valence-corrected chi connectivity index (χ0v) is 11.7. The van der Waals surface area contributed by atoms with E-state index in [0.29, 0.717) is 0 Å². The van der Waals surface area contributed by atoms with Crippen molar-refractivity contribution < 1.29 is 4.79 Å². The molecule has 1 aromatic carbocycles. The van der Waals surface area contributed by atoms with Gasteiger partial charge in [0.25, 0.3) is 5.91 Å². The molecule has 0 aliphatic heterocycles. The van der Waals surface area contributed by atoms with Crippen molar-refractivity contribution in [3.05, 3.63) is 57.3 Å². The van der Waals surface area contributed by atoms with Crippen LogP contribution in [0.2, 0.25) is 0 Å². The third kappa shape index (κ3) is 2.79. The minimum Gasteiger partial charge on any atom is -0.345 e. The molecule has 18 heavy (non-hydrogen) atoms. The van der Waals surface area contributed by atoms with Crippen LogP contribution in [0, 0.1) is 13.8 Å². The molecule has 1 unspecified atom stereocenters. The van der Waals surface area contributed by atoms with Gasteiger partial charge < -0.3 is 5.32 Å². The average molecular weight is 259 g/mol. The number of hydrogen-bond donors (Lipinski definition) is 1. The van der Waals surface area contributed by atoms with Crippen molar-refractivity contribution in [2.24, 2.45) is 0 Å². The van der Waals surface area contributed by atoms with Crippen LogP contribution in [0.3, 0.4) is 0 Å². The molecule has 3 heteroatoms. The minimum atomic E-state index is -0.00148. The largest absolute Gasteiger partial charge is 0.345 e. The molecule has 2 aromatic rings. The van der Waals surface area contributed by atoms with Gasteiger partial charge in [0.2, 0.25) is 0 Å². The van der Waals surface area contributed by atoms with Crippen molar-refractivity contribution in [1.29, 1.82) is 0 Å². The predicted molar refractivity (Wildman–Crippen MR) is 76.1 cm³/mol. The lowest BCUT2D eigenvalue weighted by Crippen LogP contribution is -2.26. The maximum absolute atomic E-state index is 12.0.